The predicted molar refractivity (Wildman–Crippen MR) is 96.5 cm³/mol. The van der Waals surface area contributed by atoms with E-state index in [-0.39, 0.29) is 16.8 Å². The number of carbonyl (C=O) groups is 1. The van der Waals surface area contributed by atoms with Gasteiger partial charge < -0.3 is 0 Å². The van der Waals surface area contributed by atoms with Crippen LogP contribution in [0.2, 0.25) is 0 Å². The van der Waals surface area contributed by atoms with Crippen molar-refractivity contribution in [2.75, 3.05) is 0 Å². The molecule has 7 heteroatoms. The van der Waals surface area contributed by atoms with Gasteiger partial charge in [-0.15, -0.1) is 4.40 Å². The first-order valence-corrected chi connectivity index (χ1v) is 10.5. The third-order valence-corrected chi connectivity index (χ3v) is 7.02. The molecule has 5 nitrogen and oxygen atoms in total. The molecule has 0 radical (unpaired) electrons. The summed E-state index contributed by atoms with van der Waals surface area (Å²) in [5.74, 6) is -0.0404. The minimum Gasteiger partial charge on any atom is -0.286 e. The van der Waals surface area contributed by atoms with E-state index in [9.17, 15) is 13.2 Å². The molecule has 1 aromatic rings. The highest BCUT2D eigenvalue weighted by molar-refractivity contribution is 8.16. The average molecular weight is 367 g/mol. The number of thioether (sulfide) groups is 1. The maximum atomic E-state index is 12.8. The Hall–Kier alpha value is -1.34. The molecule has 1 saturated heterocycles. The minimum atomic E-state index is -3.82. The number of rotatable bonds is 3. The van der Waals surface area contributed by atoms with Crippen LogP contribution in [0.25, 0.3) is 0 Å². The fourth-order valence-corrected chi connectivity index (χ4v) is 5.49. The van der Waals surface area contributed by atoms with Crippen molar-refractivity contribution in [3.8, 4) is 0 Å². The molecular weight excluding hydrogens is 344 g/mol. The zero-order valence-corrected chi connectivity index (χ0v) is 15.6. The van der Waals surface area contributed by atoms with Gasteiger partial charge in [-0.1, -0.05) is 49.2 Å². The molecule has 0 N–H and O–H groups in total. The summed E-state index contributed by atoms with van der Waals surface area (Å²) >= 11 is 1.25. The third-order valence-electron chi connectivity index (χ3n) is 4.47. The fourth-order valence-electron chi connectivity index (χ4n) is 3.17. The molecule has 0 atom stereocenters. The van der Waals surface area contributed by atoms with E-state index in [0.29, 0.717) is 5.17 Å². The van der Waals surface area contributed by atoms with Crippen molar-refractivity contribution in [1.29, 1.82) is 0 Å². The van der Waals surface area contributed by atoms with Gasteiger partial charge >= 0.3 is 0 Å². The average Bonchev–Trinajstić information content (AvgIpc) is 2.77. The lowest BCUT2D eigenvalue weighted by molar-refractivity contribution is -0.130. The van der Waals surface area contributed by atoms with E-state index < -0.39 is 14.8 Å². The Kier molecular flexibility index (Phi) is 4.75. The van der Waals surface area contributed by atoms with Crippen molar-refractivity contribution in [3.05, 3.63) is 30.3 Å². The van der Waals surface area contributed by atoms with E-state index in [2.05, 4.69) is 4.40 Å². The fraction of sp³-hybridized carbons (Fsp3) is 0.529. The van der Waals surface area contributed by atoms with Gasteiger partial charge in [0.2, 0.25) is 5.91 Å². The molecule has 1 amide bonds. The van der Waals surface area contributed by atoms with Crippen molar-refractivity contribution in [3.63, 3.8) is 0 Å². The molecule has 2 aliphatic rings. The van der Waals surface area contributed by atoms with E-state index in [1.54, 1.807) is 23.1 Å². The molecule has 3 rings (SSSR count). The Morgan fingerprint density at radius 2 is 1.75 bits per heavy atom. The standard InChI is InChI=1S/C17H22N2O3S2/c1-17(2)15(20)19(13-9-5-3-6-10-13)16(23-17)18-24(21,22)14-11-7-4-8-12-14/h4,7-8,11-13H,3,5-6,9-10H2,1-2H3/b18-16+. The van der Waals surface area contributed by atoms with Crippen LogP contribution in [0.5, 0.6) is 0 Å². The van der Waals surface area contributed by atoms with E-state index >= 15 is 0 Å². The normalized spacial score (nSPS) is 23.8. The van der Waals surface area contributed by atoms with Gasteiger partial charge in [-0.25, -0.2) is 0 Å². The second kappa shape index (κ2) is 6.52. The molecule has 1 saturated carbocycles. The Bertz CT molecular complexity index is 751. The summed E-state index contributed by atoms with van der Waals surface area (Å²) in [6.45, 7) is 3.65. The van der Waals surface area contributed by atoms with Crippen LogP contribution in [0.15, 0.2) is 39.6 Å². The highest BCUT2D eigenvalue weighted by Crippen LogP contribution is 2.41. The van der Waals surface area contributed by atoms with E-state index in [4.69, 9.17) is 0 Å². The summed E-state index contributed by atoms with van der Waals surface area (Å²) in [6, 6.07) is 8.21. The Balaban J connectivity index is 1.99. The smallest absolute Gasteiger partial charge is 0.284 e. The number of hydrogen-bond donors (Lipinski definition) is 0. The molecule has 1 aliphatic carbocycles. The van der Waals surface area contributed by atoms with Crippen LogP contribution in [0.4, 0.5) is 0 Å². The first-order valence-electron chi connectivity index (χ1n) is 8.24. The van der Waals surface area contributed by atoms with Crippen LogP contribution in [-0.2, 0) is 14.8 Å². The maximum absolute atomic E-state index is 12.8. The topological polar surface area (TPSA) is 66.8 Å². The number of carbonyl (C=O) groups excluding carboxylic acids is 1. The summed E-state index contributed by atoms with van der Waals surface area (Å²) in [5.41, 5.74) is 0. The van der Waals surface area contributed by atoms with Crippen LogP contribution in [-0.4, -0.2) is 35.2 Å². The zero-order chi connectivity index (χ0) is 17.4. The zero-order valence-electron chi connectivity index (χ0n) is 13.9. The van der Waals surface area contributed by atoms with Gasteiger partial charge in [-0.2, -0.15) is 8.42 Å². The lowest BCUT2D eigenvalue weighted by Gasteiger charge is -2.31. The van der Waals surface area contributed by atoms with Crippen molar-refractivity contribution >= 4 is 32.9 Å². The number of hydrogen-bond acceptors (Lipinski definition) is 4. The largest absolute Gasteiger partial charge is 0.286 e. The summed E-state index contributed by atoms with van der Waals surface area (Å²) in [7, 11) is -3.82. The number of nitrogens with zero attached hydrogens (tertiary/aromatic N) is 2. The van der Waals surface area contributed by atoms with Gasteiger partial charge in [0, 0.05) is 6.04 Å². The molecular formula is C17H22N2O3S2. The molecule has 0 aromatic heterocycles. The summed E-state index contributed by atoms with van der Waals surface area (Å²) in [6.07, 6.45) is 5.12. The van der Waals surface area contributed by atoms with E-state index in [0.717, 1.165) is 25.7 Å². The molecule has 2 fully saturated rings. The maximum Gasteiger partial charge on any atom is 0.284 e. The van der Waals surface area contributed by atoms with E-state index in [1.165, 1.54) is 30.3 Å². The van der Waals surface area contributed by atoms with Crippen molar-refractivity contribution in [2.24, 2.45) is 4.40 Å². The van der Waals surface area contributed by atoms with Crippen LogP contribution in [0.3, 0.4) is 0 Å². The minimum absolute atomic E-state index is 0.0404. The first kappa shape index (κ1) is 17.5. The number of benzene rings is 1. The lowest BCUT2D eigenvalue weighted by Crippen LogP contribution is -2.44. The number of amidine groups is 1. The number of amides is 1. The quantitative estimate of drug-likeness (QED) is 0.822. The predicted octanol–water partition coefficient (Wildman–Crippen LogP) is 3.42. The molecule has 0 bridgehead atoms. The van der Waals surface area contributed by atoms with Crippen molar-refractivity contribution in [2.45, 2.75) is 61.6 Å². The molecule has 0 unspecified atom stereocenters. The SMILES string of the molecule is CC1(C)S/C(=N/S(=O)(=O)c2ccccc2)N(C2CCCCC2)C1=O. The van der Waals surface area contributed by atoms with E-state index in [1.807, 2.05) is 13.8 Å². The van der Waals surface area contributed by atoms with Crippen molar-refractivity contribution in [1.82, 2.24) is 4.90 Å². The van der Waals surface area contributed by atoms with Crippen LogP contribution >= 0.6 is 11.8 Å². The van der Waals surface area contributed by atoms with Gasteiger partial charge in [0.25, 0.3) is 10.0 Å². The highest BCUT2D eigenvalue weighted by atomic mass is 32.2. The Morgan fingerprint density at radius 3 is 2.38 bits per heavy atom. The van der Waals surface area contributed by atoms with Gasteiger partial charge in [0.1, 0.15) is 0 Å². The summed E-state index contributed by atoms with van der Waals surface area (Å²) in [5, 5.41) is 0.320. The molecule has 1 heterocycles. The highest BCUT2D eigenvalue weighted by Gasteiger charge is 2.48. The Labute approximate surface area is 147 Å². The summed E-state index contributed by atoms with van der Waals surface area (Å²) < 4.78 is 28.6. The second-order valence-corrected chi connectivity index (χ2v) is 9.94. The van der Waals surface area contributed by atoms with Gasteiger partial charge in [-0.3, -0.25) is 9.69 Å². The van der Waals surface area contributed by atoms with Crippen LogP contribution < -0.4 is 0 Å². The van der Waals surface area contributed by atoms with Gasteiger partial charge in [-0.05, 0) is 38.8 Å². The monoisotopic (exact) mass is 366 g/mol. The van der Waals surface area contributed by atoms with Crippen LogP contribution in [0, 0.1) is 0 Å². The second-order valence-electron chi connectivity index (χ2n) is 6.74. The molecule has 0 spiro atoms. The first-order chi connectivity index (χ1) is 11.3. The molecule has 24 heavy (non-hydrogen) atoms. The van der Waals surface area contributed by atoms with Gasteiger partial charge in [0.05, 0.1) is 9.64 Å². The molecule has 1 aromatic carbocycles. The lowest BCUT2D eigenvalue weighted by atomic mass is 9.94. The Morgan fingerprint density at radius 1 is 1.12 bits per heavy atom. The number of sulfonamides is 1. The molecule has 130 valence electrons. The van der Waals surface area contributed by atoms with Crippen molar-refractivity contribution < 1.29 is 13.2 Å². The summed E-state index contributed by atoms with van der Waals surface area (Å²) in [4.78, 5) is 14.6. The third kappa shape index (κ3) is 3.37. The van der Waals surface area contributed by atoms with Gasteiger partial charge in [0.15, 0.2) is 5.17 Å². The van der Waals surface area contributed by atoms with Crippen LogP contribution in [0.1, 0.15) is 46.0 Å². The molecule has 1 aliphatic heterocycles.